The molecule has 0 fully saturated rings. The van der Waals surface area contributed by atoms with Gasteiger partial charge in [-0.1, -0.05) is 11.6 Å². The summed E-state index contributed by atoms with van der Waals surface area (Å²) >= 11 is 5.99. The normalized spacial score (nSPS) is 9.53. The summed E-state index contributed by atoms with van der Waals surface area (Å²) in [6.45, 7) is 2.32. The SMILES string of the molecule is COc1cc(C)c(Cl)cc1CCN=C=O. The molecule has 0 aliphatic rings. The molecule has 0 spiro atoms. The highest BCUT2D eigenvalue weighted by Gasteiger charge is 2.06. The molecule has 0 atom stereocenters. The minimum Gasteiger partial charge on any atom is -0.496 e. The van der Waals surface area contributed by atoms with Gasteiger partial charge in [-0.05, 0) is 36.6 Å². The van der Waals surface area contributed by atoms with Gasteiger partial charge in [0.15, 0.2) is 0 Å². The third-order valence-electron chi connectivity index (χ3n) is 2.12. The first kappa shape index (κ1) is 11.8. The highest BCUT2D eigenvalue weighted by molar-refractivity contribution is 6.31. The lowest BCUT2D eigenvalue weighted by molar-refractivity contribution is 0.409. The lowest BCUT2D eigenvalue weighted by atomic mass is 10.1. The fraction of sp³-hybridized carbons (Fsp3) is 0.364. The predicted octanol–water partition coefficient (Wildman–Crippen LogP) is 2.54. The molecule has 0 aliphatic carbocycles. The number of nitrogens with zero attached hydrogens (tertiary/aromatic N) is 1. The maximum Gasteiger partial charge on any atom is 0.234 e. The van der Waals surface area contributed by atoms with Crippen molar-refractivity contribution in [2.75, 3.05) is 13.7 Å². The predicted molar refractivity (Wildman–Crippen MR) is 59.4 cm³/mol. The molecular formula is C11H12ClNO2. The second kappa shape index (κ2) is 5.54. The molecule has 0 radical (unpaired) electrons. The van der Waals surface area contributed by atoms with E-state index in [4.69, 9.17) is 16.3 Å². The van der Waals surface area contributed by atoms with Crippen molar-refractivity contribution < 1.29 is 9.53 Å². The highest BCUT2D eigenvalue weighted by atomic mass is 35.5. The Labute approximate surface area is 93.7 Å². The van der Waals surface area contributed by atoms with Crippen LogP contribution in [0, 0.1) is 6.92 Å². The third kappa shape index (κ3) is 3.08. The molecule has 0 heterocycles. The molecule has 1 rings (SSSR count). The van der Waals surface area contributed by atoms with Gasteiger partial charge < -0.3 is 4.74 Å². The van der Waals surface area contributed by atoms with E-state index in [0.29, 0.717) is 18.0 Å². The van der Waals surface area contributed by atoms with E-state index < -0.39 is 0 Å². The van der Waals surface area contributed by atoms with Crippen LogP contribution in [0.5, 0.6) is 5.75 Å². The van der Waals surface area contributed by atoms with E-state index >= 15 is 0 Å². The summed E-state index contributed by atoms with van der Waals surface area (Å²) in [6, 6.07) is 3.72. The number of carbonyl (C=O) groups excluding carboxylic acids is 1. The molecule has 0 aromatic heterocycles. The van der Waals surface area contributed by atoms with E-state index in [1.54, 1.807) is 7.11 Å². The Morgan fingerprint density at radius 1 is 1.53 bits per heavy atom. The van der Waals surface area contributed by atoms with E-state index in [2.05, 4.69) is 4.99 Å². The molecular weight excluding hydrogens is 214 g/mol. The van der Waals surface area contributed by atoms with Crippen LogP contribution in [-0.4, -0.2) is 19.7 Å². The molecule has 0 saturated carbocycles. The zero-order valence-corrected chi connectivity index (χ0v) is 9.47. The van der Waals surface area contributed by atoms with Crippen LogP contribution in [0.4, 0.5) is 0 Å². The molecule has 1 aromatic carbocycles. The molecule has 0 amide bonds. The summed E-state index contributed by atoms with van der Waals surface area (Å²) in [4.78, 5) is 13.4. The summed E-state index contributed by atoms with van der Waals surface area (Å²) in [6.07, 6.45) is 2.13. The van der Waals surface area contributed by atoms with Crippen molar-refractivity contribution in [2.45, 2.75) is 13.3 Å². The first-order valence-electron chi connectivity index (χ1n) is 4.55. The zero-order valence-electron chi connectivity index (χ0n) is 8.71. The first-order chi connectivity index (χ1) is 7.19. The van der Waals surface area contributed by atoms with Crippen molar-refractivity contribution >= 4 is 17.7 Å². The molecule has 4 heteroatoms. The number of benzene rings is 1. The largest absolute Gasteiger partial charge is 0.496 e. The van der Waals surface area contributed by atoms with Crippen LogP contribution < -0.4 is 4.74 Å². The summed E-state index contributed by atoms with van der Waals surface area (Å²) in [5.74, 6) is 0.776. The quantitative estimate of drug-likeness (QED) is 0.584. The van der Waals surface area contributed by atoms with E-state index in [1.807, 2.05) is 19.1 Å². The van der Waals surface area contributed by atoms with Crippen LogP contribution in [-0.2, 0) is 11.2 Å². The summed E-state index contributed by atoms with van der Waals surface area (Å²) in [7, 11) is 1.61. The Morgan fingerprint density at radius 2 is 2.27 bits per heavy atom. The molecule has 3 nitrogen and oxygen atoms in total. The summed E-state index contributed by atoms with van der Waals surface area (Å²) < 4.78 is 5.21. The molecule has 0 N–H and O–H groups in total. The number of hydrogen-bond acceptors (Lipinski definition) is 3. The monoisotopic (exact) mass is 225 g/mol. The molecule has 1 aromatic rings. The van der Waals surface area contributed by atoms with Gasteiger partial charge in [0.05, 0.1) is 13.7 Å². The smallest absolute Gasteiger partial charge is 0.234 e. The molecule has 0 aliphatic heterocycles. The molecule has 0 unspecified atom stereocenters. The number of aryl methyl sites for hydroxylation is 1. The second-order valence-corrected chi connectivity index (χ2v) is 3.54. The number of hydrogen-bond donors (Lipinski definition) is 0. The lowest BCUT2D eigenvalue weighted by Crippen LogP contribution is -1.96. The van der Waals surface area contributed by atoms with E-state index in [-0.39, 0.29) is 0 Å². The van der Waals surface area contributed by atoms with Gasteiger partial charge in [0.1, 0.15) is 5.75 Å². The van der Waals surface area contributed by atoms with Crippen molar-refractivity contribution in [3.05, 3.63) is 28.3 Å². The maximum absolute atomic E-state index is 9.92. The Kier molecular flexibility index (Phi) is 4.35. The standard InChI is InChI=1S/C11H12ClNO2/c1-8-5-11(15-2)9(6-10(8)12)3-4-13-7-14/h5-6H,3-4H2,1-2H3. The van der Waals surface area contributed by atoms with Crippen molar-refractivity contribution in [3.8, 4) is 5.75 Å². The molecule has 15 heavy (non-hydrogen) atoms. The Hall–Kier alpha value is -1.31. The minimum absolute atomic E-state index is 0.402. The number of halogens is 1. The van der Waals surface area contributed by atoms with Gasteiger partial charge in [0.25, 0.3) is 0 Å². The topological polar surface area (TPSA) is 38.7 Å². The van der Waals surface area contributed by atoms with E-state index in [0.717, 1.165) is 16.9 Å². The van der Waals surface area contributed by atoms with Gasteiger partial charge in [-0.2, -0.15) is 0 Å². The maximum atomic E-state index is 9.92. The van der Waals surface area contributed by atoms with Crippen molar-refractivity contribution in [3.63, 3.8) is 0 Å². The third-order valence-corrected chi connectivity index (χ3v) is 2.53. The fourth-order valence-corrected chi connectivity index (χ4v) is 1.49. The van der Waals surface area contributed by atoms with E-state index in [1.165, 1.54) is 6.08 Å². The van der Waals surface area contributed by atoms with Crippen molar-refractivity contribution in [2.24, 2.45) is 4.99 Å². The van der Waals surface area contributed by atoms with Crippen LogP contribution in [0.25, 0.3) is 0 Å². The molecule has 0 saturated heterocycles. The fourth-order valence-electron chi connectivity index (χ4n) is 1.30. The van der Waals surface area contributed by atoms with Gasteiger partial charge in [-0.15, -0.1) is 0 Å². The number of isocyanates is 1. The minimum atomic E-state index is 0.402. The average Bonchev–Trinajstić information content (AvgIpc) is 2.23. The van der Waals surface area contributed by atoms with Crippen molar-refractivity contribution in [1.29, 1.82) is 0 Å². The molecule has 80 valence electrons. The summed E-state index contributed by atoms with van der Waals surface area (Å²) in [5, 5.41) is 0.695. The summed E-state index contributed by atoms with van der Waals surface area (Å²) in [5.41, 5.74) is 1.92. The number of methoxy groups -OCH3 is 1. The van der Waals surface area contributed by atoms with E-state index in [9.17, 15) is 4.79 Å². The first-order valence-corrected chi connectivity index (χ1v) is 4.93. The van der Waals surface area contributed by atoms with Crippen LogP contribution in [0.2, 0.25) is 5.02 Å². The van der Waals surface area contributed by atoms with Gasteiger partial charge in [-0.3, -0.25) is 0 Å². The Morgan fingerprint density at radius 3 is 2.87 bits per heavy atom. The van der Waals surface area contributed by atoms with Gasteiger partial charge in [-0.25, -0.2) is 9.79 Å². The van der Waals surface area contributed by atoms with Crippen LogP contribution in [0.3, 0.4) is 0 Å². The average molecular weight is 226 g/mol. The Bertz CT molecular complexity index is 398. The lowest BCUT2D eigenvalue weighted by Gasteiger charge is -2.09. The highest BCUT2D eigenvalue weighted by Crippen LogP contribution is 2.26. The number of ether oxygens (including phenoxy) is 1. The van der Waals surface area contributed by atoms with Gasteiger partial charge in [0, 0.05) is 5.02 Å². The van der Waals surface area contributed by atoms with Gasteiger partial charge >= 0.3 is 0 Å². The van der Waals surface area contributed by atoms with Crippen LogP contribution in [0.15, 0.2) is 17.1 Å². The number of rotatable bonds is 4. The Balaban J connectivity index is 2.94. The van der Waals surface area contributed by atoms with Crippen LogP contribution >= 0.6 is 11.6 Å². The zero-order chi connectivity index (χ0) is 11.3. The number of aliphatic imine (C=N–C) groups is 1. The van der Waals surface area contributed by atoms with Gasteiger partial charge in [0.2, 0.25) is 6.08 Å². The van der Waals surface area contributed by atoms with Crippen LogP contribution in [0.1, 0.15) is 11.1 Å². The second-order valence-electron chi connectivity index (χ2n) is 3.14. The molecule has 0 bridgehead atoms. The van der Waals surface area contributed by atoms with Crippen molar-refractivity contribution in [1.82, 2.24) is 0 Å².